The van der Waals surface area contributed by atoms with Gasteiger partial charge < -0.3 is 4.90 Å². The lowest BCUT2D eigenvalue weighted by Crippen LogP contribution is -2.17. The summed E-state index contributed by atoms with van der Waals surface area (Å²) in [6, 6.07) is 10.6. The Kier molecular flexibility index (Phi) is 4.89. The fraction of sp³-hybridized carbons (Fsp3) is 0.353. The second-order valence-electron chi connectivity index (χ2n) is 6.05. The largest absolute Gasteiger partial charge is 0.347 e. The highest BCUT2D eigenvalue weighted by Gasteiger charge is 2.16. The van der Waals surface area contributed by atoms with Crippen LogP contribution in [0, 0.1) is 0 Å². The summed E-state index contributed by atoms with van der Waals surface area (Å²) < 4.78 is 4.04. The number of hydrogen-bond donors (Lipinski definition) is 0. The number of nitrogens with zero attached hydrogens (tertiary/aromatic N) is 6. The zero-order valence-corrected chi connectivity index (χ0v) is 15.2. The summed E-state index contributed by atoms with van der Waals surface area (Å²) in [5, 5.41) is 13.9. The van der Waals surface area contributed by atoms with Crippen LogP contribution in [0.4, 0.5) is 5.95 Å². The molecule has 0 spiro atoms. The van der Waals surface area contributed by atoms with Crippen LogP contribution in [0.1, 0.15) is 25.5 Å². The molecule has 3 rings (SSSR count). The first-order valence-electron chi connectivity index (χ1n) is 7.90. The molecule has 0 amide bonds. The fourth-order valence-corrected chi connectivity index (χ4v) is 3.49. The SMILES string of the molecule is CC(C)n1c(SCc2cccc(-n3cccn3)c2)nnc1N(C)C. The van der Waals surface area contributed by atoms with E-state index in [2.05, 4.69) is 58.0 Å². The van der Waals surface area contributed by atoms with E-state index in [1.807, 2.05) is 35.9 Å². The van der Waals surface area contributed by atoms with Gasteiger partial charge in [0, 0.05) is 38.3 Å². The molecular formula is C17H22N6S. The molecule has 2 heterocycles. The highest BCUT2D eigenvalue weighted by Crippen LogP contribution is 2.28. The van der Waals surface area contributed by atoms with Gasteiger partial charge in [-0.2, -0.15) is 5.10 Å². The molecule has 126 valence electrons. The molecule has 7 heteroatoms. The van der Waals surface area contributed by atoms with E-state index in [1.165, 1.54) is 5.56 Å². The van der Waals surface area contributed by atoms with Crippen LogP contribution >= 0.6 is 11.8 Å². The van der Waals surface area contributed by atoms with Crippen molar-refractivity contribution in [2.75, 3.05) is 19.0 Å². The quantitative estimate of drug-likeness (QED) is 0.643. The molecule has 0 radical (unpaired) electrons. The van der Waals surface area contributed by atoms with Crippen LogP contribution in [0.25, 0.3) is 5.69 Å². The molecule has 3 aromatic rings. The molecule has 0 fully saturated rings. The van der Waals surface area contributed by atoms with Crippen molar-refractivity contribution >= 4 is 17.7 Å². The van der Waals surface area contributed by atoms with Crippen molar-refractivity contribution < 1.29 is 0 Å². The van der Waals surface area contributed by atoms with E-state index in [9.17, 15) is 0 Å². The van der Waals surface area contributed by atoms with E-state index in [4.69, 9.17) is 0 Å². The second-order valence-corrected chi connectivity index (χ2v) is 6.99. The fourth-order valence-electron chi connectivity index (χ4n) is 2.48. The smallest absolute Gasteiger partial charge is 0.227 e. The number of rotatable bonds is 6. The van der Waals surface area contributed by atoms with Crippen molar-refractivity contribution in [1.82, 2.24) is 24.5 Å². The number of thioether (sulfide) groups is 1. The van der Waals surface area contributed by atoms with Gasteiger partial charge in [0.05, 0.1) is 5.69 Å². The van der Waals surface area contributed by atoms with Crippen LogP contribution < -0.4 is 4.90 Å². The lowest BCUT2D eigenvalue weighted by Gasteiger charge is -2.17. The highest BCUT2D eigenvalue weighted by molar-refractivity contribution is 7.98. The Hall–Kier alpha value is -2.28. The maximum Gasteiger partial charge on any atom is 0.227 e. The molecule has 0 bridgehead atoms. The van der Waals surface area contributed by atoms with Gasteiger partial charge in [-0.3, -0.25) is 4.57 Å². The molecule has 0 atom stereocenters. The zero-order valence-electron chi connectivity index (χ0n) is 14.4. The summed E-state index contributed by atoms with van der Waals surface area (Å²) in [6.07, 6.45) is 3.74. The highest BCUT2D eigenvalue weighted by atomic mass is 32.2. The van der Waals surface area contributed by atoms with Gasteiger partial charge in [0.25, 0.3) is 0 Å². The van der Waals surface area contributed by atoms with E-state index in [1.54, 1.807) is 18.0 Å². The Labute approximate surface area is 146 Å². The molecule has 0 aliphatic rings. The van der Waals surface area contributed by atoms with Crippen molar-refractivity contribution in [3.63, 3.8) is 0 Å². The van der Waals surface area contributed by atoms with Crippen LogP contribution in [0.3, 0.4) is 0 Å². The Morgan fingerprint density at radius 1 is 1.17 bits per heavy atom. The van der Waals surface area contributed by atoms with Gasteiger partial charge in [-0.25, -0.2) is 4.68 Å². The van der Waals surface area contributed by atoms with Gasteiger partial charge >= 0.3 is 0 Å². The summed E-state index contributed by atoms with van der Waals surface area (Å²) >= 11 is 1.71. The maximum absolute atomic E-state index is 4.36. The minimum Gasteiger partial charge on any atom is -0.347 e. The summed E-state index contributed by atoms with van der Waals surface area (Å²) in [4.78, 5) is 2.00. The Bertz CT molecular complexity index is 791. The van der Waals surface area contributed by atoms with Gasteiger partial charge in [0.2, 0.25) is 5.95 Å². The molecule has 0 aliphatic carbocycles. The zero-order chi connectivity index (χ0) is 17.1. The summed E-state index contributed by atoms with van der Waals surface area (Å²) in [7, 11) is 3.98. The van der Waals surface area contributed by atoms with Crippen LogP contribution in [0.5, 0.6) is 0 Å². The first-order chi connectivity index (χ1) is 11.6. The van der Waals surface area contributed by atoms with E-state index in [0.717, 1.165) is 22.5 Å². The van der Waals surface area contributed by atoms with Crippen molar-refractivity contribution in [3.8, 4) is 5.69 Å². The molecule has 6 nitrogen and oxygen atoms in total. The lowest BCUT2D eigenvalue weighted by molar-refractivity contribution is 0.549. The first kappa shape index (κ1) is 16.6. The average molecular weight is 342 g/mol. The molecule has 0 saturated carbocycles. The number of aromatic nitrogens is 5. The summed E-state index contributed by atoms with van der Waals surface area (Å²) in [5.74, 6) is 1.73. The van der Waals surface area contributed by atoms with Crippen molar-refractivity contribution in [2.45, 2.75) is 30.8 Å². The van der Waals surface area contributed by atoms with Crippen LogP contribution in [-0.2, 0) is 5.75 Å². The third kappa shape index (κ3) is 3.46. The van der Waals surface area contributed by atoms with Gasteiger partial charge in [-0.05, 0) is 37.6 Å². The molecule has 0 saturated heterocycles. The molecule has 1 aromatic carbocycles. The van der Waals surface area contributed by atoms with Gasteiger partial charge in [-0.15, -0.1) is 10.2 Å². The Morgan fingerprint density at radius 2 is 2.00 bits per heavy atom. The topological polar surface area (TPSA) is 51.8 Å². The van der Waals surface area contributed by atoms with Crippen LogP contribution in [-0.4, -0.2) is 38.6 Å². The lowest BCUT2D eigenvalue weighted by atomic mass is 10.2. The Morgan fingerprint density at radius 3 is 2.67 bits per heavy atom. The molecule has 0 N–H and O–H groups in total. The molecule has 0 aliphatic heterocycles. The van der Waals surface area contributed by atoms with E-state index in [-0.39, 0.29) is 0 Å². The van der Waals surface area contributed by atoms with Gasteiger partial charge in [0.1, 0.15) is 0 Å². The van der Waals surface area contributed by atoms with Gasteiger partial charge in [-0.1, -0.05) is 23.9 Å². The third-order valence-electron chi connectivity index (χ3n) is 3.61. The minimum atomic E-state index is 0.315. The Balaban J connectivity index is 1.78. The number of hydrogen-bond acceptors (Lipinski definition) is 5. The minimum absolute atomic E-state index is 0.315. The van der Waals surface area contributed by atoms with Gasteiger partial charge in [0.15, 0.2) is 5.16 Å². The number of anilines is 1. The second kappa shape index (κ2) is 7.09. The predicted octanol–water partition coefficient (Wildman–Crippen LogP) is 3.40. The standard InChI is InChI=1S/C17H22N6S/c1-13(2)23-16(21(3)4)19-20-17(23)24-12-14-7-5-8-15(11-14)22-10-6-9-18-22/h5-11,13H,12H2,1-4H3. The van der Waals surface area contributed by atoms with Crippen LogP contribution in [0.15, 0.2) is 47.9 Å². The maximum atomic E-state index is 4.36. The first-order valence-corrected chi connectivity index (χ1v) is 8.89. The third-order valence-corrected chi connectivity index (χ3v) is 4.62. The number of benzene rings is 1. The predicted molar refractivity (Wildman–Crippen MR) is 97.9 cm³/mol. The molecule has 2 aromatic heterocycles. The molecule has 0 unspecified atom stereocenters. The molecular weight excluding hydrogens is 320 g/mol. The average Bonchev–Trinajstić information content (AvgIpc) is 3.22. The van der Waals surface area contributed by atoms with E-state index < -0.39 is 0 Å². The van der Waals surface area contributed by atoms with E-state index in [0.29, 0.717) is 6.04 Å². The monoisotopic (exact) mass is 342 g/mol. The van der Waals surface area contributed by atoms with Crippen molar-refractivity contribution in [3.05, 3.63) is 48.3 Å². The summed E-state index contributed by atoms with van der Waals surface area (Å²) in [5.41, 5.74) is 2.30. The van der Waals surface area contributed by atoms with Crippen LogP contribution in [0.2, 0.25) is 0 Å². The summed E-state index contributed by atoms with van der Waals surface area (Å²) in [6.45, 7) is 4.30. The molecule has 24 heavy (non-hydrogen) atoms. The van der Waals surface area contributed by atoms with E-state index >= 15 is 0 Å². The van der Waals surface area contributed by atoms with Crippen molar-refractivity contribution in [1.29, 1.82) is 0 Å². The van der Waals surface area contributed by atoms with Crippen molar-refractivity contribution in [2.24, 2.45) is 0 Å². The normalized spacial score (nSPS) is 11.2.